The third kappa shape index (κ3) is 5.79. The second-order valence-corrected chi connectivity index (χ2v) is 4.84. The second-order valence-electron chi connectivity index (χ2n) is 4.84. The molecule has 0 saturated carbocycles. The molecule has 0 radical (unpaired) electrons. The summed E-state index contributed by atoms with van der Waals surface area (Å²) in [6.45, 7) is 4.84. The highest BCUT2D eigenvalue weighted by atomic mass is 19.4. The Morgan fingerprint density at radius 3 is 2.40 bits per heavy atom. The SMILES string of the molecule is COCC(NCc1ccccc1OC(F)(F)F)C(C)C. The summed E-state index contributed by atoms with van der Waals surface area (Å²) in [6.07, 6.45) is -4.68. The molecule has 1 atom stereocenters. The van der Waals surface area contributed by atoms with Crippen molar-refractivity contribution < 1.29 is 22.6 Å². The molecule has 0 bridgehead atoms. The molecular formula is C14H20F3NO2. The number of hydrogen-bond acceptors (Lipinski definition) is 3. The van der Waals surface area contributed by atoms with Crippen LogP contribution in [0.1, 0.15) is 19.4 Å². The van der Waals surface area contributed by atoms with Crippen LogP contribution in [-0.2, 0) is 11.3 Å². The van der Waals surface area contributed by atoms with Gasteiger partial charge in [0.1, 0.15) is 5.75 Å². The summed E-state index contributed by atoms with van der Waals surface area (Å²) in [5.74, 6) is 0.137. The van der Waals surface area contributed by atoms with E-state index in [1.807, 2.05) is 13.8 Å². The van der Waals surface area contributed by atoms with Gasteiger partial charge in [0.2, 0.25) is 0 Å². The number of nitrogens with one attached hydrogen (secondary N) is 1. The number of halogens is 3. The highest BCUT2D eigenvalue weighted by Crippen LogP contribution is 2.26. The number of para-hydroxylation sites is 1. The van der Waals surface area contributed by atoms with Crippen LogP contribution in [0, 0.1) is 5.92 Å². The highest BCUT2D eigenvalue weighted by Gasteiger charge is 2.32. The van der Waals surface area contributed by atoms with Crippen molar-refractivity contribution >= 4 is 0 Å². The van der Waals surface area contributed by atoms with Crippen molar-refractivity contribution in [1.29, 1.82) is 0 Å². The van der Waals surface area contributed by atoms with Gasteiger partial charge in [-0.1, -0.05) is 32.0 Å². The van der Waals surface area contributed by atoms with Crippen LogP contribution in [0.25, 0.3) is 0 Å². The maximum Gasteiger partial charge on any atom is 0.573 e. The predicted molar refractivity (Wildman–Crippen MR) is 70.5 cm³/mol. The molecule has 0 aliphatic heterocycles. The Morgan fingerprint density at radius 1 is 1.20 bits per heavy atom. The molecule has 0 fully saturated rings. The Labute approximate surface area is 117 Å². The number of alkyl halides is 3. The predicted octanol–water partition coefficient (Wildman–Crippen LogP) is 3.35. The minimum absolute atomic E-state index is 0.0685. The quantitative estimate of drug-likeness (QED) is 0.835. The van der Waals surface area contributed by atoms with Crippen molar-refractivity contribution in [2.75, 3.05) is 13.7 Å². The van der Waals surface area contributed by atoms with E-state index < -0.39 is 6.36 Å². The van der Waals surface area contributed by atoms with E-state index in [0.29, 0.717) is 24.6 Å². The molecule has 0 spiro atoms. The lowest BCUT2D eigenvalue weighted by molar-refractivity contribution is -0.274. The van der Waals surface area contributed by atoms with Crippen molar-refractivity contribution in [1.82, 2.24) is 5.32 Å². The zero-order valence-electron chi connectivity index (χ0n) is 11.8. The summed E-state index contributed by atoms with van der Waals surface area (Å²) in [5.41, 5.74) is 0.464. The van der Waals surface area contributed by atoms with Gasteiger partial charge in [-0.05, 0) is 12.0 Å². The molecule has 0 heterocycles. The second kappa shape index (κ2) is 7.50. The van der Waals surface area contributed by atoms with Gasteiger partial charge in [0.25, 0.3) is 0 Å². The standard InChI is InChI=1S/C14H20F3NO2/c1-10(2)12(9-19-3)18-8-11-6-4-5-7-13(11)20-14(15,16)17/h4-7,10,12,18H,8-9H2,1-3H3. The number of rotatable bonds is 7. The average Bonchev–Trinajstić information content (AvgIpc) is 2.34. The molecule has 1 rings (SSSR count). The van der Waals surface area contributed by atoms with E-state index in [1.54, 1.807) is 19.2 Å². The van der Waals surface area contributed by atoms with E-state index >= 15 is 0 Å². The van der Waals surface area contributed by atoms with Gasteiger partial charge in [0, 0.05) is 25.3 Å². The highest BCUT2D eigenvalue weighted by molar-refractivity contribution is 5.33. The molecule has 114 valence electrons. The summed E-state index contributed by atoms with van der Waals surface area (Å²) in [4.78, 5) is 0. The van der Waals surface area contributed by atoms with Crippen LogP contribution in [0.5, 0.6) is 5.75 Å². The first kappa shape index (κ1) is 16.8. The van der Waals surface area contributed by atoms with E-state index in [1.165, 1.54) is 12.1 Å². The summed E-state index contributed by atoms with van der Waals surface area (Å²) in [5, 5.41) is 3.19. The van der Waals surface area contributed by atoms with Crippen LogP contribution in [0.4, 0.5) is 13.2 Å². The van der Waals surface area contributed by atoms with E-state index in [9.17, 15) is 13.2 Å². The van der Waals surface area contributed by atoms with Crippen molar-refractivity contribution in [2.45, 2.75) is 32.8 Å². The molecule has 0 aromatic heterocycles. The van der Waals surface area contributed by atoms with Crippen LogP contribution < -0.4 is 10.1 Å². The average molecular weight is 291 g/mol. The summed E-state index contributed by atoms with van der Waals surface area (Å²) in [7, 11) is 1.60. The first-order valence-electron chi connectivity index (χ1n) is 6.39. The Kier molecular flexibility index (Phi) is 6.29. The van der Waals surface area contributed by atoms with Gasteiger partial charge in [0.05, 0.1) is 6.61 Å². The minimum atomic E-state index is -4.68. The Balaban J connectivity index is 2.72. The topological polar surface area (TPSA) is 30.5 Å². The van der Waals surface area contributed by atoms with Crippen molar-refractivity contribution in [3.05, 3.63) is 29.8 Å². The lowest BCUT2D eigenvalue weighted by Gasteiger charge is -2.22. The Bertz CT molecular complexity index is 408. The number of benzene rings is 1. The summed E-state index contributed by atoms with van der Waals surface area (Å²) in [6, 6.07) is 6.18. The van der Waals surface area contributed by atoms with E-state index in [2.05, 4.69) is 10.1 Å². The molecule has 0 saturated heterocycles. The summed E-state index contributed by atoms with van der Waals surface area (Å²) >= 11 is 0. The largest absolute Gasteiger partial charge is 0.573 e. The first-order valence-corrected chi connectivity index (χ1v) is 6.39. The van der Waals surface area contributed by atoms with Gasteiger partial charge in [-0.3, -0.25) is 0 Å². The van der Waals surface area contributed by atoms with Gasteiger partial charge in [0.15, 0.2) is 0 Å². The fourth-order valence-corrected chi connectivity index (χ4v) is 1.78. The first-order chi connectivity index (χ1) is 9.33. The van der Waals surface area contributed by atoms with Gasteiger partial charge >= 0.3 is 6.36 Å². The molecule has 1 unspecified atom stereocenters. The van der Waals surface area contributed by atoms with Crippen LogP contribution in [0.15, 0.2) is 24.3 Å². The molecule has 1 aromatic carbocycles. The van der Waals surface area contributed by atoms with Gasteiger partial charge in [-0.15, -0.1) is 13.2 Å². The molecule has 1 aromatic rings. The molecule has 20 heavy (non-hydrogen) atoms. The van der Waals surface area contributed by atoms with Gasteiger partial charge < -0.3 is 14.8 Å². The molecule has 0 aliphatic carbocycles. The third-order valence-electron chi connectivity index (χ3n) is 2.90. The Hall–Kier alpha value is -1.27. The van der Waals surface area contributed by atoms with Gasteiger partial charge in [-0.25, -0.2) is 0 Å². The molecular weight excluding hydrogens is 271 g/mol. The maximum atomic E-state index is 12.3. The normalized spacial score (nSPS) is 13.6. The maximum absolute atomic E-state index is 12.3. The van der Waals surface area contributed by atoms with E-state index in [4.69, 9.17) is 4.74 Å². The molecule has 6 heteroatoms. The van der Waals surface area contributed by atoms with Crippen molar-refractivity contribution in [2.24, 2.45) is 5.92 Å². The lowest BCUT2D eigenvalue weighted by Crippen LogP contribution is -2.37. The minimum Gasteiger partial charge on any atom is -0.405 e. The van der Waals surface area contributed by atoms with Crippen LogP contribution in [0.2, 0.25) is 0 Å². The van der Waals surface area contributed by atoms with Gasteiger partial charge in [-0.2, -0.15) is 0 Å². The van der Waals surface area contributed by atoms with E-state index in [0.717, 1.165) is 0 Å². The summed E-state index contributed by atoms with van der Waals surface area (Å²) < 4.78 is 46.0. The molecule has 1 N–H and O–H groups in total. The number of ether oxygens (including phenoxy) is 2. The lowest BCUT2D eigenvalue weighted by atomic mass is 10.0. The fraction of sp³-hybridized carbons (Fsp3) is 0.571. The zero-order valence-corrected chi connectivity index (χ0v) is 11.8. The molecule has 3 nitrogen and oxygen atoms in total. The van der Waals surface area contributed by atoms with E-state index in [-0.39, 0.29) is 11.8 Å². The molecule has 0 amide bonds. The number of hydrogen-bond donors (Lipinski definition) is 1. The number of methoxy groups -OCH3 is 1. The smallest absolute Gasteiger partial charge is 0.405 e. The third-order valence-corrected chi connectivity index (χ3v) is 2.90. The fourth-order valence-electron chi connectivity index (χ4n) is 1.78. The van der Waals surface area contributed by atoms with Crippen molar-refractivity contribution in [3.8, 4) is 5.75 Å². The zero-order chi connectivity index (χ0) is 15.2. The van der Waals surface area contributed by atoms with Crippen LogP contribution >= 0.6 is 0 Å². The van der Waals surface area contributed by atoms with Crippen LogP contribution in [0.3, 0.4) is 0 Å². The van der Waals surface area contributed by atoms with Crippen LogP contribution in [-0.4, -0.2) is 26.1 Å². The molecule has 0 aliphatic rings. The Morgan fingerprint density at radius 2 is 1.85 bits per heavy atom. The monoisotopic (exact) mass is 291 g/mol. The van der Waals surface area contributed by atoms with Crippen molar-refractivity contribution in [3.63, 3.8) is 0 Å².